The van der Waals surface area contributed by atoms with Gasteiger partial charge in [0.1, 0.15) is 0 Å². The van der Waals surface area contributed by atoms with Crippen molar-refractivity contribution in [1.29, 1.82) is 0 Å². The van der Waals surface area contributed by atoms with Crippen LogP contribution in [0, 0.1) is 0 Å². The van der Waals surface area contributed by atoms with Gasteiger partial charge in [-0.1, -0.05) is 50.1 Å². The van der Waals surface area contributed by atoms with E-state index in [1.165, 1.54) is 5.56 Å². The zero-order chi connectivity index (χ0) is 19.2. The Kier molecular flexibility index (Phi) is 6.38. The van der Waals surface area contributed by atoms with Gasteiger partial charge in [-0.05, 0) is 41.7 Å². The smallest absolute Gasteiger partial charge is 0.223 e. The number of benzene rings is 2. The number of ether oxygens (including phenoxy) is 2. The molecule has 2 aromatic carbocycles. The molecule has 0 spiro atoms. The van der Waals surface area contributed by atoms with Gasteiger partial charge in [0.15, 0.2) is 11.5 Å². The molecule has 0 N–H and O–H groups in total. The fourth-order valence-corrected chi connectivity index (χ4v) is 3.88. The lowest BCUT2D eigenvalue weighted by molar-refractivity contribution is -0.133. The maximum atomic E-state index is 13.0. The fraction of sp³-hybridized carbons (Fsp3) is 0.435. The normalized spacial score (nSPS) is 16.0. The largest absolute Gasteiger partial charge is 0.493 e. The van der Waals surface area contributed by atoms with Crippen LogP contribution in [0.3, 0.4) is 0 Å². The van der Waals surface area contributed by atoms with Crippen LogP contribution in [0.15, 0.2) is 42.5 Å². The predicted octanol–water partition coefficient (Wildman–Crippen LogP) is 4.76. The summed E-state index contributed by atoms with van der Waals surface area (Å²) >= 11 is 0. The van der Waals surface area contributed by atoms with E-state index >= 15 is 0 Å². The zero-order valence-corrected chi connectivity index (χ0v) is 16.5. The molecule has 0 fully saturated rings. The summed E-state index contributed by atoms with van der Waals surface area (Å²) in [5, 5.41) is 0. The van der Waals surface area contributed by atoms with Crippen molar-refractivity contribution in [3.8, 4) is 11.5 Å². The van der Waals surface area contributed by atoms with E-state index < -0.39 is 0 Å². The Morgan fingerprint density at radius 3 is 2.44 bits per heavy atom. The Bertz CT molecular complexity index is 773. The first-order valence-electron chi connectivity index (χ1n) is 9.78. The summed E-state index contributed by atoms with van der Waals surface area (Å²) in [6.45, 7) is 2.89. The number of hydrogen-bond acceptors (Lipinski definition) is 3. The van der Waals surface area contributed by atoms with Crippen molar-refractivity contribution < 1.29 is 14.3 Å². The van der Waals surface area contributed by atoms with Crippen molar-refractivity contribution in [3.05, 3.63) is 59.2 Å². The molecule has 1 amide bonds. The van der Waals surface area contributed by atoms with Crippen LogP contribution in [-0.4, -0.2) is 31.6 Å². The van der Waals surface area contributed by atoms with Crippen LogP contribution in [0.2, 0.25) is 0 Å². The van der Waals surface area contributed by atoms with E-state index in [1.54, 1.807) is 14.2 Å². The standard InChI is InChI=1S/C23H29NO3/c1-4-5-7-12-22(25)24-14-13-18-15-20(26-2)21(27-3)16-19(18)23(24)17-10-8-6-9-11-17/h6,8-11,15-16,23H,4-5,7,12-14H2,1-3H3. The predicted molar refractivity (Wildman–Crippen MR) is 107 cm³/mol. The molecule has 0 saturated carbocycles. The quantitative estimate of drug-likeness (QED) is 0.663. The molecule has 144 valence electrons. The highest BCUT2D eigenvalue weighted by Gasteiger charge is 2.32. The lowest BCUT2D eigenvalue weighted by Gasteiger charge is -2.38. The van der Waals surface area contributed by atoms with Crippen LogP contribution in [0.25, 0.3) is 0 Å². The highest BCUT2D eigenvalue weighted by Crippen LogP contribution is 2.41. The highest BCUT2D eigenvalue weighted by molar-refractivity contribution is 5.78. The molecule has 0 aromatic heterocycles. The average Bonchev–Trinajstić information content (AvgIpc) is 2.72. The first kappa shape index (κ1) is 19.3. The molecular weight excluding hydrogens is 338 g/mol. The molecular formula is C23H29NO3. The number of rotatable bonds is 7. The lowest BCUT2D eigenvalue weighted by atomic mass is 9.87. The SMILES string of the molecule is CCCCCC(=O)N1CCc2cc(OC)c(OC)cc2C1c1ccccc1. The van der Waals surface area contributed by atoms with Crippen LogP contribution < -0.4 is 9.47 Å². The highest BCUT2D eigenvalue weighted by atomic mass is 16.5. The summed E-state index contributed by atoms with van der Waals surface area (Å²) in [5.41, 5.74) is 3.49. The molecule has 3 rings (SSSR count). The molecule has 0 radical (unpaired) electrons. The summed E-state index contributed by atoms with van der Waals surface area (Å²) < 4.78 is 11.0. The fourth-order valence-electron chi connectivity index (χ4n) is 3.88. The summed E-state index contributed by atoms with van der Waals surface area (Å²) in [7, 11) is 3.31. The molecule has 1 atom stereocenters. The number of amides is 1. The minimum atomic E-state index is -0.0797. The van der Waals surface area contributed by atoms with Crippen LogP contribution in [0.1, 0.15) is 55.3 Å². The first-order chi connectivity index (χ1) is 13.2. The second-order valence-corrected chi connectivity index (χ2v) is 7.01. The Morgan fingerprint density at radius 1 is 1.07 bits per heavy atom. The third-order valence-corrected chi connectivity index (χ3v) is 5.30. The number of nitrogens with zero attached hydrogens (tertiary/aromatic N) is 1. The molecule has 1 aliphatic heterocycles. The monoisotopic (exact) mass is 367 g/mol. The minimum Gasteiger partial charge on any atom is -0.493 e. The van der Waals surface area contributed by atoms with Crippen molar-refractivity contribution >= 4 is 5.91 Å². The second-order valence-electron chi connectivity index (χ2n) is 7.01. The third kappa shape index (κ3) is 4.10. The molecule has 0 saturated heterocycles. The van der Waals surface area contributed by atoms with Gasteiger partial charge in [0.2, 0.25) is 5.91 Å². The van der Waals surface area contributed by atoms with E-state index in [0.717, 1.165) is 49.1 Å². The number of carbonyl (C=O) groups excluding carboxylic acids is 1. The number of unbranched alkanes of at least 4 members (excludes halogenated alkanes) is 2. The second kappa shape index (κ2) is 8.94. The van der Waals surface area contributed by atoms with Crippen LogP contribution >= 0.6 is 0 Å². The van der Waals surface area contributed by atoms with Crippen LogP contribution in [0.5, 0.6) is 11.5 Å². The number of hydrogen-bond donors (Lipinski definition) is 0. The molecule has 1 aliphatic rings. The lowest BCUT2D eigenvalue weighted by Crippen LogP contribution is -2.40. The molecule has 1 unspecified atom stereocenters. The molecule has 27 heavy (non-hydrogen) atoms. The maximum absolute atomic E-state index is 13.0. The Labute approximate surface area is 162 Å². The molecule has 0 aliphatic carbocycles. The number of methoxy groups -OCH3 is 2. The molecule has 1 heterocycles. The van der Waals surface area contributed by atoms with Gasteiger partial charge in [-0.15, -0.1) is 0 Å². The summed E-state index contributed by atoms with van der Waals surface area (Å²) in [6.07, 6.45) is 4.61. The van der Waals surface area contributed by atoms with E-state index in [-0.39, 0.29) is 11.9 Å². The van der Waals surface area contributed by atoms with Gasteiger partial charge >= 0.3 is 0 Å². The number of carbonyl (C=O) groups is 1. The zero-order valence-electron chi connectivity index (χ0n) is 16.5. The van der Waals surface area contributed by atoms with Gasteiger partial charge in [-0.25, -0.2) is 0 Å². The van der Waals surface area contributed by atoms with Gasteiger partial charge in [-0.2, -0.15) is 0 Å². The van der Waals surface area contributed by atoms with E-state index in [2.05, 4.69) is 25.1 Å². The van der Waals surface area contributed by atoms with E-state index in [4.69, 9.17) is 9.47 Å². The van der Waals surface area contributed by atoms with Gasteiger partial charge in [0.05, 0.1) is 20.3 Å². The van der Waals surface area contributed by atoms with Gasteiger partial charge in [-0.3, -0.25) is 4.79 Å². The van der Waals surface area contributed by atoms with E-state index in [1.807, 2.05) is 29.2 Å². The van der Waals surface area contributed by atoms with Crippen molar-refractivity contribution in [1.82, 2.24) is 4.90 Å². The molecule has 2 aromatic rings. The van der Waals surface area contributed by atoms with E-state index in [9.17, 15) is 4.79 Å². The van der Waals surface area contributed by atoms with Crippen LogP contribution in [0.4, 0.5) is 0 Å². The maximum Gasteiger partial charge on any atom is 0.223 e. The Morgan fingerprint density at radius 2 is 1.78 bits per heavy atom. The number of fused-ring (bicyclic) bond motifs is 1. The average molecular weight is 367 g/mol. The molecule has 4 heteroatoms. The van der Waals surface area contributed by atoms with Crippen molar-refractivity contribution in [2.45, 2.75) is 45.1 Å². The third-order valence-electron chi connectivity index (χ3n) is 5.30. The van der Waals surface area contributed by atoms with Gasteiger partial charge in [0.25, 0.3) is 0 Å². The minimum absolute atomic E-state index is 0.0797. The van der Waals surface area contributed by atoms with Crippen molar-refractivity contribution in [2.75, 3.05) is 20.8 Å². The topological polar surface area (TPSA) is 38.8 Å². The Balaban J connectivity index is 2.02. The summed E-state index contributed by atoms with van der Waals surface area (Å²) in [6, 6.07) is 14.3. The van der Waals surface area contributed by atoms with Crippen LogP contribution in [-0.2, 0) is 11.2 Å². The first-order valence-corrected chi connectivity index (χ1v) is 9.78. The van der Waals surface area contributed by atoms with Crippen molar-refractivity contribution in [2.24, 2.45) is 0 Å². The Hall–Kier alpha value is -2.49. The van der Waals surface area contributed by atoms with Gasteiger partial charge < -0.3 is 14.4 Å². The molecule has 0 bridgehead atoms. The van der Waals surface area contributed by atoms with Gasteiger partial charge in [0, 0.05) is 13.0 Å². The summed E-state index contributed by atoms with van der Waals surface area (Å²) in [4.78, 5) is 15.1. The summed E-state index contributed by atoms with van der Waals surface area (Å²) in [5.74, 6) is 1.68. The van der Waals surface area contributed by atoms with Crippen molar-refractivity contribution in [3.63, 3.8) is 0 Å². The molecule has 4 nitrogen and oxygen atoms in total. The van der Waals surface area contributed by atoms with E-state index in [0.29, 0.717) is 12.2 Å².